The lowest BCUT2D eigenvalue weighted by molar-refractivity contribution is 0.0547. The Morgan fingerprint density at radius 2 is 1.71 bits per heavy atom. The molecule has 170 valence electrons. The van der Waals surface area contributed by atoms with Crippen molar-refractivity contribution >= 4 is 28.0 Å². The highest BCUT2D eigenvalue weighted by molar-refractivity contribution is 5.96. The summed E-state index contributed by atoms with van der Waals surface area (Å²) in [5.74, 6) is 0.264. The molecule has 0 unspecified atom stereocenters. The highest BCUT2D eigenvalue weighted by Crippen LogP contribution is 2.31. The van der Waals surface area contributed by atoms with E-state index in [4.69, 9.17) is 14.4 Å². The van der Waals surface area contributed by atoms with Gasteiger partial charge in [0.1, 0.15) is 17.3 Å². The number of hydrogen-bond donors (Lipinski definition) is 0. The molecule has 0 atom stereocenters. The van der Waals surface area contributed by atoms with E-state index in [9.17, 15) is 10.1 Å². The average Bonchev–Trinajstić information content (AvgIpc) is 3.43. The molecule has 0 bridgehead atoms. The Balaban J connectivity index is 1.58. The first kappa shape index (κ1) is 21.9. The van der Waals surface area contributed by atoms with Gasteiger partial charge in [-0.3, -0.25) is 4.98 Å². The van der Waals surface area contributed by atoms with Crippen LogP contribution >= 0.6 is 0 Å². The summed E-state index contributed by atoms with van der Waals surface area (Å²) >= 11 is 0. The lowest BCUT2D eigenvalue weighted by Crippen LogP contribution is -2.27. The van der Waals surface area contributed by atoms with Gasteiger partial charge in [0.2, 0.25) is 5.76 Å². The van der Waals surface area contributed by atoms with Gasteiger partial charge in [0.15, 0.2) is 0 Å². The van der Waals surface area contributed by atoms with Crippen LogP contribution in [0.3, 0.4) is 0 Å². The normalized spacial score (nSPS) is 11.3. The Morgan fingerprint density at radius 3 is 2.40 bits per heavy atom. The third kappa shape index (κ3) is 4.12. The monoisotopic (exact) mass is 460 g/mol. The average molecular weight is 460 g/mol. The largest absolute Gasteiger partial charge is 0.446 e. The maximum atomic E-state index is 13.2. The van der Waals surface area contributed by atoms with Crippen molar-refractivity contribution in [3.05, 3.63) is 78.2 Å². The molecule has 0 saturated carbocycles. The van der Waals surface area contributed by atoms with Crippen molar-refractivity contribution in [3.8, 4) is 34.7 Å². The second kappa shape index (κ2) is 8.16. The van der Waals surface area contributed by atoms with Gasteiger partial charge in [-0.1, -0.05) is 24.3 Å². The van der Waals surface area contributed by atoms with Crippen LogP contribution in [0.5, 0.6) is 0 Å². The Bertz CT molecular complexity index is 1690. The van der Waals surface area contributed by atoms with Crippen LogP contribution in [0.4, 0.5) is 4.79 Å². The standard InChI is InChI=1S/C28H20N4O3/c1-28(2,3)35-27(33)32-24-10-17(14-29)4-5-19(24)12-25(32)23-9-8-21(16-31-23)18-6-7-20-11-22(15-30)34-26(20)13-18/h4-13,16H,1-3H3. The molecule has 0 radical (unpaired) electrons. The number of pyridine rings is 1. The van der Waals surface area contributed by atoms with E-state index in [2.05, 4.69) is 11.1 Å². The minimum Gasteiger partial charge on any atom is -0.446 e. The number of ether oxygens (including phenoxy) is 1. The van der Waals surface area contributed by atoms with Crippen LogP contribution in [0, 0.1) is 22.7 Å². The van der Waals surface area contributed by atoms with Crippen molar-refractivity contribution in [2.24, 2.45) is 0 Å². The predicted octanol–water partition coefficient (Wildman–Crippen LogP) is 6.64. The number of nitriles is 2. The first-order chi connectivity index (χ1) is 16.8. The molecule has 3 aromatic heterocycles. The summed E-state index contributed by atoms with van der Waals surface area (Å²) in [6, 6.07) is 22.3. The van der Waals surface area contributed by atoms with E-state index < -0.39 is 11.7 Å². The number of aromatic nitrogens is 2. The molecule has 0 amide bonds. The lowest BCUT2D eigenvalue weighted by Gasteiger charge is -2.21. The van der Waals surface area contributed by atoms with Gasteiger partial charge in [0.05, 0.1) is 28.5 Å². The van der Waals surface area contributed by atoms with Crippen LogP contribution in [-0.2, 0) is 4.74 Å². The first-order valence-corrected chi connectivity index (χ1v) is 11.0. The van der Waals surface area contributed by atoms with E-state index >= 15 is 0 Å². The number of rotatable bonds is 2. The fraction of sp³-hybridized carbons (Fsp3) is 0.143. The van der Waals surface area contributed by atoms with Crippen molar-refractivity contribution in [1.29, 1.82) is 10.5 Å². The highest BCUT2D eigenvalue weighted by Gasteiger charge is 2.23. The topological polar surface area (TPSA) is 105 Å². The molecule has 3 heterocycles. The van der Waals surface area contributed by atoms with E-state index in [1.165, 1.54) is 4.57 Å². The zero-order chi connectivity index (χ0) is 24.7. The molecular weight excluding hydrogens is 440 g/mol. The van der Waals surface area contributed by atoms with Gasteiger partial charge in [0.25, 0.3) is 0 Å². The summed E-state index contributed by atoms with van der Waals surface area (Å²) in [4.78, 5) is 17.8. The van der Waals surface area contributed by atoms with Crippen molar-refractivity contribution in [3.63, 3.8) is 0 Å². The van der Waals surface area contributed by atoms with Gasteiger partial charge in [-0.25, -0.2) is 9.36 Å². The molecule has 0 N–H and O–H groups in total. The van der Waals surface area contributed by atoms with E-state index in [0.29, 0.717) is 28.1 Å². The Labute approximate surface area is 201 Å². The maximum Gasteiger partial charge on any atom is 0.419 e. The van der Waals surface area contributed by atoms with E-state index in [1.807, 2.05) is 42.5 Å². The minimum atomic E-state index is -0.690. The van der Waals surface area contributed by atoms with Crippen LogP contribution in [0.25, 0.3) is 44.4 Å². The molecule has 5 aromatic rings. The van der Waals surface area contributed by atoms with E-state index in [1.54, 1.807) is 51.2 Å². The molecule has 7 heteroatoms. The predicted molar refractivity (Wildman–Crippen MR) is 131 cm³/mol. The number of hydrogen-bond acceptors (Lipinski definition) is 6. The van der Waals surface area contributed by atoms with Crippen molar-refractivity contribution in [1.82, 2.24) is 9.55 Å². The van der Waals surface area contributed by atoms with Crippen molar-refractivity contribution < 1.29 is 13.9 Å². The third-order valence-corrected chi connectivity index (χ3v) is 5.50. The minimum absolute atomic E-state index is 0.264. The van der Waals surface area contributed by atoms with Gasteiger partial charge in [0, 0.05) is 28.6 Å². The zero-order valence-electron chi connectivity index (χ0n) is 19.4. The second-order valence-electron chi connectivity index (χ2n) is 9.14. The molecule has 0 aliphatic heterocycles. The van der Waals surface area contributed by atoms with Crippen LogP contribution in [0.15, 0.2) is 71.3 Å². The second-order valence-corrected chi connectivity index (χ2v) is 9.14. The fourth-order valence-electron chi connectivity index (χ4n) is 3.95. The van der Waals surface area contributed by atoms with Gasteiger partial charge in [-0.05, 0) is 56.7 Å². The van der Waals surface area contributed by atoms with Gasteiger partial charge >= 0.3 is 6.09 Å². The molecule has 0 aliphatic carbocycles. The number of benzene rings is 2. The quantitative estimate of drug-likeness (QED) is 0.292. The van der Waals surface area contributed by atoms with Crippen LogP contribution in [-0.4, -0.2) is 21.2 Å². The Hall–Kier alpha value is -4.88. The number of nitrogens with zero attached hydrogens (tertiary/aromatic N) is 4. The number of furan rings is 1. The SMILES string of the molecule is CC(C)(C)OC(=O)n1c(-c2ccc(-c3ccc4cc(C#N)oc4c3)cn2)cc2ccc(C#N)cc21. The molecular formula is C28H20N4O3. The Morgan fingerprint density at radius 1 is 0.943 bits per heavy atom. The number of fused-ring (bicyclic) bond motifs is 2. The molecule has 5 rings (SSSR count). The van der Waals surface area contributed by atoms with E-state index in [-0.39, 0.29) is 5.76 Å². The van der Waals surface area contributed by atoms with Gasteiger partial charge < -0.3 is 9.15 Å². The van der Waals surface area contributed by atoms with Crippen LogP contribution in [0.1, 0.15) is 32.1 Å². The summed E-state index contributed by atoms with van der Waals surface area (Å²) in [6.07, 6.45) is 1.18. The van der Waals surface area contributed by atoms with Gasteiger partial charge in [-0.2, -0.15) is 10.5 Å². The number of carbonyl (C=O) groups is 1. The van der Waals surface area contributed by atoms with Crippen LogP contribution in [0.2, 0.25) is 0 Å². The summed E-state index contributed by atoms with van der Waals surface area (Å²) in [7, 11) is 0. The number of carbonyl (C=O) groups excluding carboxylic acids is 1. The van der Waals surface area contributed by atoms with Crippen molar-refractivity contribution in [2.45, 2.75) is 26.4 Å². The third-order valence-electron chi connectivity index (χ3n) is 5.50. The molecule has 0 spiro atoms. The molecule has 0 fully saturated rings. The fourth-order valence-corrected chi connectivity index (χ4v) is 3.95. The summed E-state index contributed by atoms with van der Waals surface area (Å²) in [6.45, 7) is 5.41. The summed E-state index contributed by atoms with van der Waals surface area (Å²) in [5, 5.41) is 20.1. The van der Waals surface area contributed by atoms with Gasteiger partial charge in [-0.15, -0.1) is 0 Å². The molecule has 7 nitrogen and oxygen atoms in total. The van der Waals surface area contributed by atoms with Crippen LogP contribution < -0.4 is 0 Å². The highest BCUT2D eigenvalue weighted by atomic mass is 16.6. The zero-order valence-corrected chi connectivity index (χ0v) is 19.4. The van der Waals surface area contributed by atoms with E-state index in [0.717, 1.165) is 21.9 Å². The summed E-state index contributed by atoms with van der Waals surface area (Å²) in [5.41, 5.74) is 3.86. The molecule has 0 aliphatic rings. The smallest absolute Gasteiger partial charge is 0.419 e. The molecule has 0 saturated heterocycles. The lowest BCUT2D eigenvalue weighted by atomic mass is 10.1. The summed E-state index contributed by atoms with van der Waals surface area (Å²) < 4.78 is 12.7. The first-order valence-electron chi connectivity index (χ1n) is 11.0. The van der Waals surface area contributed by atoms with Crippen molar-refractivity contribution in [2.75, 3.05) is 0 Å². The maximum absolute atomic E-state index is 13.2. The Kier molecular flexibility index (Phi) is 5.12. The molecule has 2 aromatic carbocycles. The molecule has 35 heavy (non-hydrogen) atoms.